The fraction of sp³-hybridized carbons (Fsp3) is 0.389. The number of benzene rings is 1. The third kappa shape index (κ3) is 2.95. The van der Waals surface area contributed by atoms with E-state index in [1.54, 1.807) is 6.07 Å². The molecule has 0 bridgehead atoms. The molecular weight excluding hydrogens is 310 g/mol. The van der Waals surface area contributed by atoms with Crippen molar-refractivity contribution in [3.05, 3.63) is 52.3 Å². The van der Waals surface area contributed by atoms with E-state index in [1.165, 1.54) is 11.4 Å². The third-order valence-corrected chi connectivity index (χ3v) is 4.84. The van der Waals surface area contributed by atoms with Crippen molar-refractivity contribution in [2.75, 3.05) is 11.9 Å². The standard InChI is InChI=1S/C18H22ClN3O/c1-4-16-17-8-6-13(3)21(17)9-10-22(16)18(23)20-15-11-14(19)7-5-12(15)2/h5-8,11,16H,4,9-10H2,1-3H3,(H,20,23)/t16-/m1/s1. The topological polar surface area (TPSA) is 37.3 Å². The van der Waals surface area contributed by atoms with Gasteiger partial charge < -0.3 is 14.8 Å². The van der Waals surface area contributed by atoms with Gasteiger partial charge in [0.15, 0.2) is 0 Å². The highest BCUT2D eigenvalue weighted by Crippen LogP contribution is 2.31. The number of aryl methyl sites for hydroxylation is 2. The van der Waals surface area contributed by atoms with Crippen molar-refractivity contribution in [1.82, 2.24) is 9.47 Å². The van der Waals surface area contributed by atoms with Crippen molar-refractivity contribution in [2.45, 2.75) is 39.8 Å². The summed E-state index contributed by atoms with van der Waals surface area (Å²) in [4.78, 5) is 14.7. The number of urea groups is 1. The fourth-order valence-electron chi connectivity index (χ4n) is 3.30. The Labute approximate surface area is 142 Å². The molecule has 3 rings (SSSR count). The average Bonchev–Trinajstić information content (AvgIpc) is 2.91. The molecule has 2 amide bonds. The molecule has 2 heterocycles. The Morgan fingerprint density at radius 1 is 1.26 bits per heavy atom. The molecule has 1 atom stereocenters. The summed E-state index contributed by atoms with van der Waals surface area (Å²) in [6, 6.07) is 9.85. The summed E-state index contributed by atoms with van der Waals surface area (Å²) >= 11 is 6.04. The van der Waals surface area contributed by atoms with Gasteiger partial charge in [0.25, 0.3) is 0 Å². The van der Waals surface area contributed by atoms with Crippen LogP contribution in [0, 0.1) is 13.8 Å². The van der Waals surface area contributed by atoms with Gasteiger partial charge in [0, 0.05) is 35.2 Å². The molecule has 1 aromatic carbocycles. The minimum Gasteiger partial charge on any atom is -0.345 e. The lowest BCUT2D eigenvalue weighted by molar-refractivity contribution is 0.165. The van der Waals surface area contributed by atoms with E-state index in [1.807, 2.05) is 24.0 Å². The molecule has 122 valence electrons. The van der Waals surface area contributed by atoms with E-state index in [0.29, 0.717) is 11.6 Å². The normalized spacial score (nSPS) is 17.0. The molecule has 23 heavy (non-hydrogen) atoms. The van der Waals surface area contributed by atoms with Gasteiger partial charge in [0.05, 0.1) is 6.04 Å². The summed E-state index contributed by atoms with van der Waals surface area (Å²) in [5, 5.41) is 3.64. The van der Waals surface area contributed by atoms with Gasteiger partial charge in [-0.15, -0.1) is 0 Å². The number of aromatic nitrogens is 1. The number of nitrogens with one attached hydrogen (secondary N) is 1. The molecular formula is C18H22ClN3O. The van der Waals surface area contributed by atoms with E-state index in [2.05, 4.69) is 35.9 Å². The lowest BCUT2D eigenvalue weighted by Crippen LogP contribution is -2.44. The molecule has 5 heteroatoms. The van der Waals surface area contributed by atoms with Crippen LogP contribution in [0.3, 0.4) is 0 Å². The second kappa shape index (κ2) is 6.28. The predicted octanol–water partition coefficient (Wildman–Crippen LogP) is 4.76. The molecule has 0 saturated carbocycles. The summed E-state index contributed by atoms with van der Waals surface area (Å²) in [7, 11) is 0. The van der Waals surface area contributed by atoms with Crippen molar-refractivity contribution in [3.63, 3.8) is 0 Å². The van der Waals surface area contributed by atoms with Crippen molar-refractivity contribution in [1.29, 1.82) is 0 Å². The molecule has 4 nitrogen and oxygen atoms in total. The van der Waals surface area contributed by atoms with E-state index in [-0.39, 0.29) is 12.1 Å². The van der Waals surface area contributed by atoms with Crippen LogP contribution in [0.1, 0.15) is 36.3 Å². The van der Waals surface area contributed by atoms with E-state index in [9.17, 15) is 4.79 Å². The van der Waals surface area contributed by atoms with Gasteiger partial charge in [0.2, 0.25) is 0 Å². The molecule has 2 aromatic rings. The Bertz CT molecular complexity index is 738. The van der Waals surface area contributed by atoms with Gasteiger partial charge in [-0.2, -0.15) is 0 Å². The quantitative estimate of drug-likeness (QED) is 0.846. The third-order valence-electron chi connectivity index (χ3n) is 4.60. The Kier molecular flexibility index (Phi) is 4.35. The smallest absolute Gasteiger partial charge is 0.322 e. The Morgan fingerprint density at radius 3 is 2.78 bits per heavy atom. The van der Waals surface area contributed by atoms with Gasteiger partial charge >= 0.3 is 6.03 Å². The van der Waals surface area contributed by atoms with Crippen molar-refractivity contribution < 1.29 is 4.79 Å². The number of hydrogen-bond acceptors (Lipinski definition) is 1. The van der Waals surface area contributed by atoms with E-state index in [4.69, 9.17) is 11.6 Å². The highest BCUT2D eigenvalue weighted by Gasteiger charge is 2.30. The van der Waals surface area contributed by atoms with Crippen molar-refractivity contribution in [3.8, 4) is 0 Å². The van der Waals surface area contributed by atoms with Crippen LogP contribution in [-0.4, -0.2) is 22.0 Å². The summed E-state index contributed by atoms with van der Waals surface area (Å²) in [5.74, 6) is 0. The maximum atomic E-state index is 12.8. The zero-order valence-corrected chi connectivity index (χ0v) is 14.5. The first-order chi connectivity index (χ1) is 11.0. The van der Waals surface area contributed by atoms with Gasteiger partial charge in [-0.25, -0.2) is 4.79 Å². The molecule has 0 fully saturated rings. The van der Waals surface area contributed by atoms with Crippen LogP contribution >= 0.6 is 11.6 Å². The number of rotatable bonds is 2. The first-order valence-corrected chi connectivity index (χ1v) is 8.39. The maximum absolute atomic E-state index is 12.8. The molecule has 1 aliphatic heterocycles. The first-order valence-electron chi connectivity index (χ1n) is 8.01. The number of carbonyl (C=O) groups is 1. The van der Waals surface area contributed by atoms with Gasteiger partial charge in [-0.1, -0.05) is 24.6 Å². The summed E-state index contributed by atoms with van der Waals surface area (Å²) in [6.45, 7) is 7.75. The van der Waals surface area contributed by atoms with E-state index >= 15 is 0 Å². The van der Waals surface area contributed by atoms with Gasteiger partial charge in [-0.3, -0.25) is 0 Å². The molecule has 1 aliphatic rings. The molecule has 1 aromatic heterocycles. The summed E-state index contributed by atoms with van der Waals surface area (Å²) < 4.78 is 2.31. The molecule has 1 N–H and O–H groups in total. The number of fused-ring (bicyclic) bond motifs is 1. The van der Waals surface area contributed by atoms with Crippen LogP contribution in [0.15, 0.2) is 30.3 Å². The van der Waals surface area contributed by atoms with Crippen LogP contribution in [0.2, 0.25) is 5.02 Å². The van der Waals surface area contributed by atoms with E-state index < -0.39 is 0 Å². The molecule has 0 saturated heterocycles. The zero-order chi connectivity index (χ0) is 16.6. The second-order valence-electron chi connectivity index (χ2n) is 6.06. The minimum absolute atomic E-state index is 0.0627. The number of nitrogens with zero attached hydrogens (tertiary/aromatic N) is 2. The van der Waals surface area contributed by atoms with Crippen LogP contribution in [0.5, 0.6) is 0 Å². The first kappa shape index (κ1) is 15.9. The van der Waals surface area contributed by atoms with Crippen molar-refractivity contribution >= 4 is 23.3 Å². The summed E-state index contributed by atoms with van der Waals surface area (Å²) in [6.07, 6.45) is 0.894. The lowest BCUT2D eigenvalue weighted by atomic mass is 10.1. The Morgan fingerprint density at radius 2 is 2.04 bits per heavy atom. The number of carbonyl (C=O) groups excluding carboxylic acids is 1. The summed E-state index contributed by atoms with van der Waals surface area (Å²) in [5.41, 5.74) is 4.25. The second-order valence-corrected chi connectivity index (χ2v) is 6.49. The lowest BCUT2D eigenvalue weighted by Gasteiger charge is -2.37. The monoisotopic (exact) mass is 331 g/mol. The van der Waals surface area contributed by atoms with Crippen LogP contribution < -0.4 is 5.32 Å². The van der Waals surface area contributed by atoms with E-state index in [0.717, 1.165) is 24.2 Å². The highest BCUT2D eigenvalue weighted by atomic mass is 35.5. The zero-order valence-electron chi connectivity index (χ0n) is 13.8. The maximum Gasteiger partial charge on any atom is 0.322 e. The SMILES string of the molecule is CC[C@@H]1c2ccc(C)n2CCN1C(=O)Nc1cc(Cl)ccc1C. The van der Waals surface area contributed by atoms with Gasteiger partial charge in [-0.05, 0) is 50.1 Å². The number of anilines is 1. The highest BCUT2D eigenvalue weighted by molar-refractivity contribution is 6.31. The molecule has 0 aliphatic carbocycles. The molecule has 0 spiro atoms. The number of amides is 2. The average molecular weight is 332 g/mol. The number of halogens is 1. The van der Waals surface area contributed by atoms with Gasteiger partial charge in [0.1, 0.15) is 0 Å². The Balaban J connectivity index is 1.83. The van der Waals surface area contributed by atoms with Crippen LogP contribution in [0.4, 0.5) is 10.5 Å². The number of hydrogen-bond donors (Lipinski definition) is 1. The fourth-order valence-corrected chi connectivity index (χ4v) is 3.47. The largest absolute Gasteiger partial charge is 0.345 e. The Hall–Kier alpha value is -1.94. The predicted molar refractivity (Wildman–Crippen MR) is 94.1 cm³/mol. The molecule has 0 unspecified atom stereocenters. The van der Waals surface area contributed by atoms with Crippen LogP contribution in [-0.2, 0) is 6.54 Å². The van der Waals surface area contributed by atoms with Crippen LogP contribution in [0.25, 0.3) is 0 Å². The minimum atomic E-state index is -0.0627. The van der Waals surface area contributed by atoms with Crippen molar-refractivity contribution in [2.24, 2.45) is 0 Å². The molecule has 0 radical (unpaired) electrons.